The van der Waals surface area contributed by atoms with Crippen molar-refractivity contribution in [2.75, 3.05) is 18.4 Å². The standard InChI is InChI=1S/C17H18ClF3N4/c1-10-8-12(2-3-13(10)11-4-6-22-7-5-11)24-16-23-9-14(15(18)25-16)17(19,20)21/h2-3,8-9,11,22H,4-7H2,1H3,(H,23,24,25). The molecule has 8 heteroatoms. The van der Waals surface area contributed by atoms with E-state index in [1.807, 2.05) is 19.1 Å². The summed E-state index contributed by atoms with van der Waals surface area (Å²) in [5, 5.41) is 5.64. The monoisotopic (exact) mass is 370 g/mol. The summed E-state index contributed by atoms with van der Waals surface area (Å²) in [5.74, 6) is 0.569. The Bertz CT molecular complexity index is 758. The van der Waals surface area contributed by atoms with Gasteiger partial charge in [0.2, 0.25) is 5.95 Å². The summed E-state index contributed by atoms with van der Waals surface area (Å²) in [5.41, 5.74) is 2.11. The number of anilines is 2. The second-order valence-electron chi connectivity index (χ2n) is 6.12. The van der Waals surface area contributed by atoms with Gasteiger partial charge in [-0.05, 0) is 62.0 Å². The van der Waals surface area contributed by atoms with E-state index in [0.29, 0.717) is 17.8 Å². The molecule has 0 unspecified atom stereocenters. The zero-order chi connectivity index (χ0) is 18.0. The predicted molar refractivity (Wildman–Crippen MR) is 91.4 cm³/mol. The fourth-order valence-corrected chi connectivity index (χ4v) is 3.32. The third-order valence-corrected chi connectivity index (χ3v) is 4.64. The van der Waals surface area contributed by atoms with Crippen LogP contribution in [0.25, 0.3) is 0 Å². The second-order valence-corrected chi connectivity index (χ2v) is 6.47. The highest BCUT2D eigenvalue weighted by Gasteiger charge is 2.34. The Morgan fingerprint density at radius 2 is 1.96 bits per heavy atom. The van der Waals surface area contributed by atoms with Gasteiger partial charge in [0.1, 0.15) is 10.7 Å². The van der Waals surface area contributed by atoms with Crippen molar-refractivity contribution in [2.24, 2.45) is 0 Å². The predicted octanol–water partition coefficient (Wildman–Crippen LogP) is 4.67. The molecule has 1 saturated heterocycles. The van der Waals surface area contributed by atoms with Gasteiger partial charge in [0.05, 0.1) is 0 Å². The van der Waals surface area contributed by atoms with E-state index >= 15 is 0 Å². The van der Waals surface area contributed by atoms with Crippen LogP contribution in [0.4, 0.5) is 24.8 Å². The normalized spacial score (nSPS) is 16.0. The lowest BCUT2D eigenvalue weighted by atomic mass is 9.87. The lowest BCUT2D eigenvalue weighted by Gasteiger charge is -2.24. The third kappa shape index (κ3) is 4.22. The number of aromatic nitrogens is 2. The molecule has 0 spiro atoms. The van der Waals surface area contributed by atoms with Crippen LogP contribution < -0.4 is 10.6 Å². The first kappa shape index (κ1) is 17.9. The third-order valence-electron chi connectivity index (χ3n) is 4.35. The molecule has 1 fully saturated rings. The van der Waals surface area contributed by atoms with Gasteiger partial charge in [0.25, 0.3) is 0 Å². The van der Waals surface area contributed by atoms with Gasteiger partial charge in [-0.1, -0.05) is 17.7 Å². The molecule has 1 aliphatic heterocycles. The molecule has 134 valence electrons. The van der Waals surface area contributed by atoms with Crippen molar-refractivity contribution in [3.8, 4) is 0 Å². The minimum atomic E-state index is -4.57. The molecule has 1 aliphatic rings. The van der Waals surface area contributed by atoms with E-state index in [2.05, 4.69) is 26.7 Å². The molecule has 4 nitrogen and oxygen atoms in total. The van der Waals surface area contributed by atoms with Gasteiger partial charge in [-0.2, -0.15) is 13.2 Å². The Morgan fingerprint density at radius 3 is 2.56 bits per heavy atom. The van der Waals surface area contributed by atoms with Gasteiger partial charge in [0, 0.05) is 11.9 Å². The number of rotatable bonds is 3. The van der Waals surface area contributed by atoms with Crippen LogP contribution in [0.2, 0.25) is 5.15 Å². The van der Waals surface area contributed by atoms with Crippen LogP contribution >= 0.6 is 11.6 Å². The Kier molecular flexibility index (Phi) is 5.15. The fraction of sp³-hybridized carbons (Fsp3) is 0.412. The highest BCUT2D eigenvalue weighted by Crippen LogP contribution is 2.34. The van der Waals surface area contributed by atoms with E-state index in [-0.39, 0.29) is 5.95 Å². The van der Waals surface area contributed by atoms with Crippen molar-refractivity contribution in [1.82, 2.24) is 15.3 Å². The second kappa shape index (κ2) is 7.17. The number of aryl methyl sites for hydroxylation is 1. The van der Waals surface area contributed by atoms with E-state index in [1.165, 1.54) is 5.56 Å². The molecule has 0 aliphatic carbocycles. The molecule has 25 heavy (non-hydrogen) atoms. The van der Waals surface area contributed by atoms with Crippen molar-refractivity contribution in [3.63, 3.8) is 0 Å². The summed E-state index contributed by atoms with van der Waals surface area (Å²) in [6, 6.07) is 5.89. The minimum Gasteiger partial charge on any atom is -0.324 e. The molecule has 1 aromatic carbocycles. The van der Waals surface area contributed by atoms with Gasteiger partial charge in [-0.25, -0.2) is 9.97 Å². The highest BCUT2D eigenvalue weighted by atomic mass is 35.5. The first-order valence-corrected chi connectivity index (χ1v) is 8.40. The van der Waals surface area contributed by atoms with Crippen LogP contribution in [-0.4, -0.2) is 23.1 Å². The lowest BCUT2D eigenvalue weighted by molar-refractivity contribution is -0.137. The molecule has 0 saturated carbocycles. The Balaban J connectivity index is 1.77. The summed E-state index contributed by atoms with van der Waals surface area (Å²) in [6.45, 7) is 4.06. The first-order chi connectivity index (χ1) is 11.8. The molecule has 2 N–H and O–H groups in total. The molecular weight excluding hydrogens is 353 g/mol. The molecule has 2 aromatic rings. The smallest absolute Gasteiger partial charge is 0.324 e. The molecule has 0 atom stereocenters. The van der Waals surface area contributed by atoms with E-state index < -0.39 is 16.9 Å². The summed E-state index contributed by atoms with van der Waals surface area (Å²) < 4.78 is 38.1. The fourth-order valence-electron chi connectivity index (χ4n) is 3.08. The van der Waals surface area contributed by atoms with Crippen molar-refractivity contribution < 1.29 is 13.2 Å². The van der Waals surface area contributed by atoms with Crippen LogP contribution in [-0.2, 0) is 6.18 Å². The first-order valence-electron chi connectivity index (χ1n) is 8.02. The molecule has 0 amide bonds. The number of nitrogens with one attached hydrogen (secondary N) is 2. The number of hydrogen-bond donors (Lipinski definition) is 2. The van der Waals surface area contributed by atoms with Crippen molar-refractivity contribution in [3.05, 3.63) is 46.2 Å². The Morgan fingerprint density at radius 1 is 1.24 bits per heavy atom. The number of hydrogen-bond acceptors (Lipinski definition) is 4. The summed E-state index contributed by atoms with van der Waals surface area (Å²) in [6.07, 6.45) is -1.67. The van der Waals surface area contributed by atoms with Crippen LogP contribution in [0, 0.1) is 6.92 Å². The molecule has 1 aromatic heterocycles. The van der Waals surface area contributed by atoms with E-state index in [9.17, 15) is 13.2 Å². The molecule has 0 bridgehead atoms. The van der Waals surface area contributed by atoms with Crippen molar-refractivity contribution in [2.45, 2.75) is 31.9 Å². The summed E-state index contributed by atoms with van der Waals surface area (Å²) in [7, 11) is 0. The van der Waals surface area contributed by atoms with Gasteiger partial charge in [-0.15, -0.1) is 0 Å². The minimum absolute atomic E-state index is 0.0343. The maximum Gasteiger partial charge on any atom is 0.420 e. The SMILES string of the molecule is Cc1cc(Nc2ncc(C(F)(F)F)c(Cl)n2)ccc1C1CCNCC1. The largest absolute Gasteiger partial charge is 0.420 e. The topological polar surface area (TPSA) is 49.8 Å². The van der Waals surface area contributed by atoms with E-state index in [0.717, 1.165) is 31.5 Å². The van der Waals surface area contributed by atoms with Gasteiger partial charge in [-0.3, -0.25) is 0 Å². The zero-order valence-electron chi connectivity index (χ0n) is 13.6. The summed E-state index contributed by atoms with van der Waals surface area (Å²) in [4.78, 5) is 7.40. The van der Waals surface area contributed by atoms with E-state index in [4.69, 9.17) is 11.6 Å². The number of piperidine rings is 1. The maximum absolute atomic E-state index is 12.7. The zero-order valence-corrected chi connectivity index (χ0v) is 14.4. The van der Waals surface area contributed by atoms with Gasteiger partial charge in [0.15, 0.2) is 0 Å². The van der Waals surface area contributed by atoms with E-state index in [1.54, 1.807) is 0 Å². The van der Waals surface area contributed by atoms with Crippen LogP contribution in [0.5, 0.6) is 0 Å². The average Bonchev–Trinajstić information content (AvgIpc) is 2.54. The van der Waals surface area contributed by atoms with Crippen LogP contribution in [0.3, 0.4) is 0 Å². The molecule has 0 radical (unpaired) electrons. The molecule has 2 heterocycles. The number of halogens is 4. The maximum atomic E-state index is 12.7. The van der Waals surface area contributed by atoms with Crippen molar-refractivity contribution in [1.29, 1.82) is 0 Å². The van der Waals surface area contributed by atoms with Gasteiger partial charge >= 0.3 is 6.18 Å². The number of nitrogens with zero attached hydrogens (tertiary/aromatic N) is 2. The van der Waals surface area contributed by atoms with Gasteiger partial charge < -0.3 is 10.6 Å². The lowest BCUT2D eigenvalue weighted by Crippen LogP contribution is -2.26. The number of benzene rings is 1. The molecule has 3 rings (SSSR count). The summed E-state index contributed by atoms with van der Waals surface area (Å²) >= 11 is 5.62. The van der Waals surface area contributed by atoms with Crippen LogP contribution in [0.1, 0.15) is 35.4 Å². The quantitative estimate of drug-likeness (QED) is 0.771. The average molecular weight is 371 g/mol. The Labute approximate surface area is 148 Å². The highest BCUT2D eigenvalue weighted by molar-refractivity contribution is 6.30. The van der Waals surface area contributed by atoms with Crippen LogP contribution in [0.15, 0.2) is 24.4 Å². The molecular formula is C17H18ClF3N4. The number of alkyl halides is 3. The van der Waals surface area contributed by atoms with Crippen molar-refractivity contribution >= 4 is 23.2 Å². The Hall–Kier alpha value is -1.86.